The minimum atomic E-state index is -1.46. The van der Waals surface area contributed by atoms with Gasteiger partial charge < -0.3 is 44.0 Å². The lowest BCUT2D eigenvalue weighted by Gasteiger charge is -2.28. The number of amides is 4. The summed E-state index contributed by atoms with van der Waals surface area (Å²) in [5, 5.41) is 16.8. The molecule has 206 valence electrons. The molecule has 0 bridgehead atoms. The number of carbonyl (C=O) groups is 5. The fraction of sp³-hybridized carbons (Fsp3) is 0.727. The highest BCUT2D eigenvalue weighted by Gasteiger charge is 2.33. The fourth-order valence-electron chi connectivity index (χ4n) is 3.17. The molecule has 0 heterocycles. The van der Waals surface area contributed by atoms with Crippen LogP contribution in [0, 0.1) is 11.8 Å². The molecule has 6 unspecified atom stereocenters. The maximum absolute atomic E-state index is 13.1. The molecule has 0 fully saturated rings. The third kappa shape index (κ3) is 11.8. The number of nitrogens with one attached hydrogen (secondary N) is 3. The lowest BCUT2D eigenvalue weighted by atomic mass is 9.95. The zero-order valence-electron chi connectivity index (χ0n) is 21.5. The summed E-state index contributed by atoms with van der Waals surface area (Å²) >= 11 is 0. The standard InChI is InChI=1S/C22H42N8O6/c1-5-11(3)16(24)19(33)30-17(12(4)6-2)20(34)29-14(10-15(23)31)18(32)28-13(21(35)36)8-7-9-27-22(25)26/h11-14,16-17H,5-10,24H2,1-4H3,(H2,23,31)(H,28,32)(H,29,34)(H,30,33)(H,35,36)(H4,25,26,27). The molecule has 6 atom stereocenters. The van der Waals surface area contributed by atoms with E-state index in [2.05, 4.69) is 20.9 Å². The summed E-state index contributed by atoms with van der Waals surface area (Å²) in [6.45, 7) is 7.40. The minimum absolute atomic E-state index is 0.00581. The molecule has 14 heteroatoms. The van der Waals surface area contributed by atoms with Gasteiger partial charge in [0.15, 0.2) is 5.96 Å². The Morgan fingerprint density at radius 3 is 1.86 bits per heavy atom. The predicted molar refractivity (Wildman–Crippen MR) is 134 cm³/mol. The van der Waals surface area contributed by atoms with Gasteiger partial charge in [-0.15, -0.1) is 0 Å². The van der Waals surface area contributed by atoms with Gasteiger partial charge in [-0.1, -0.05) is 40.5 Å². The highest BCUT2D eigenvalue weighted by Crippen LogP contribution is 2.12. The lowest BCUT2D eigenvalue weighted by Crippen LogP contribution is -2.59. The first-order chi connectivity index (χ1) is 16.7. The second kappa shape index (κ2) is 16.3. The van der Waals surface area contributed by atoms with E-state index in [-0.39, 0.29) is 37.2 Å². The van der Waals surface area contributed by atoms with Gasteiger partial charge in [0, 0.05) is 6.54 Å². The molecule has 0 aliphatic heterocycles. The van der Waals surface area contributed by atoms with Gasteiger partial charge in [-0.25, -0.2) is 4.79 Å². The number of aliphatic carboxylic acids is 1. The molecule has 0 aromatic heterocycles. The van der Waals surface area contributed by atoms with E-state index in [0.717, 1.165) is 0 Å². The summed E-state index contributed by atoms with van der Waals surface area (Å²) < 4.78 is 0. The van der Waals surface area contributed by atoms with Crippen LogP contribution in [0.15, 0.2) is 4.99 Å². The van der Waals surface area contributed by atoms with E-state index in [1.807, 2.05) is 20.8 Å². The Morgan fingerprint density at radius 1 is 0.833 bits per heavy atom. The first kappa shape index (κ1) is 32.6. The SMILES string of the molecule is CCC(C)C(N)C(=O)NC(C(=O)NC(CC(N)=O)C(=O)NC(CCCN=C(N)N)C(=O)O)C(C)CC. The largest absolute Gasteiger partial charge is 0.480 e. The fourth-order valence-corrected chi connectivity index (χ4v) is 3.17. The molecule has 36 heavy (non-hydrogen) atoms. The number of hydrogen-bond donors (Lipinski definition) is 8. The minimum Gasteiger partial charge on any atom is -0.480 e. The van der Waals surface area contributed by atoms with Crippen LogP contribution in [0.1, 0.15) is 59.8 Å². The van der Waals surface area contributed by atoms with Crippen LogP contribution in [0.25, 0.3) is 0 Å². The first-order valence-corrected chi connectivity index (χ1v) is 12.0. The van der Waals surface area contributed by atoms with Crippen molar-refractivity contribution >= 4 is 35.6 Å². The Labute approximate surface area is 211 Å². The number of carboxylic acids is 1. The number of aliphatic imine (C=N–C) groups is 1. The van der Waals surface area contributed by atoms with E-state index in [4.69, 9.17) is 22.9 Å². The summed E-state index contributed by atoms with van der Waals surface area (Å²) in [6.07, 6.45) is 0.840. The average Bonchev–Trinajstić information content (AvgIpc) is 2.81. The highest BCUT2D eigenvalue weighted by atomic mass is 16.4. The van der Waals surface area contributed by atoms with Crippen LogP contribution in [0.5, 0.6) is 0 Å². The van der Waals surface area contributed by atoms with Gasteiger partial charge in [-0.2, -0.15) is 0 Å². The third-order valence-electron chi connectivity index (χ3n) is 5.95. The third-order valence-corrected chi connectivity index (χ3v) is 5.95. The van der Waals surface area contributed by atoms with E-state index in [9.17, 15) is 29.1 Å². The topological polar surface area (TPSA) is 258 Å². The Kier molecular flexibility index (Phi) is 14.7. The van der Waals surface area contributed by atoms with Crippen LogP contribution in [-0.4, -0.2) is 71.4 Å². The summed E-state index contributed by atoms with van der Waals surface area (Å²) in [7, 11) is 0. The number of rotatable bonds is 17. The summed E-state index contributed by atoms with van der Waals surface area (Å²) in [4.78, 5) is 65.4. The quantitative estimate of drug-likeness (QED) is 0.0598. The molecule has 0 radical (unpaired) electrons. The molecule has 0 spiro atoms. The normalized spacial score (nSPS) is 15.8. The van der Waals surface area contributed by atoms with Crippen molar-refractivity contribution in [2.45, 2.75) is 84.0 Å². The van der Waals surface area contributed by atoms with Crippen molar-refractivity contribution in [1.29, 1.82) is 0 Å². The Balaban J connectivity index is 5.56. The molecule has 4 amide bonds. The number of carboxylic acid groups (broad SMARTS) is 1. The number of nitrogens with two attached hydrogens (primary N) is 4. The molecule has 0 rings (SSSR count). The summed E-state index contributed by atoms with van der Waals surface area (Å²) in [5.41, 5.74) is 21.7. The summed E-state index contributed by atoms with van der Waals surface area (Å²) in [6, 6.07) is -4.66. The monoisotopic (exact) mass is 514 g/mol. The van der Waals surface area contributed by atoms with Gasteiger partial charge in [0.1, 0.15) is 18.1 Å². The average molecular weight is 515 g/mol. The van der Waals surface area contributed by atoms with Crippen LogP contribution in [0.4, 0.5) is 0 Å². The van der Waals surface area contributed by atoms with Gasteiger partial charge in [0.05, 0.1) is 12.5 Å². The highest BCUT2D eigenvalue weighted by molar-refractivity contribution is 5.96. The molecular weight excluding hydrogens is 472 g/mol. The number of guanidine groups is 1. The van der Waals surface area contributed by atoms with Crippen molar-refractivity contribution < 1.29 is 29.1 Å². The smallest absolute Gasteiger partial charge is 0.326 e. The van der Waals surface area contributed by atoms with Crippen molar-refractivity contribution in [1.82, 2.24) is 16.0 Å². The Bertz CT molecular complexity index is 801. The van der Waals surface area contributed by atoms with Gasteiger partial charge in [0.25, 0.3) is 0 Å². The number of hydrogen-bond acceptors (Lipinski definition) is 7. The van der Waals surface area contributed by atoms with E-state index >= 15 is 0 Å². The molecule has 0 aliphatic carbocycles. The molecular formula is C22H42N8O6. The predicted octanol–water partition coefficient (Wildman–Crippen LogP) is -2.13. The van der Waals surface area contributed by atoms with Crippen LogP contribution >= 0.6 is 0 Å². The zero-order valence-corrected chi connectivity index (χ0v) is 21.5. The Hall–Kier alpha value is -3.42. The van der Waals surface area contributed by atoms with Crippen LogP contribution in [0.3, 0.4) is 0 Å². The van der Waals surface area contributed by atoms with Crippen LogP contribution in [0.2, 0.25) is 0 Å². The van der Waals surface area contributed by atoms with Crippen molar-refractivity contribution in [3.05, 3.63) is 0 Å². The van der Waals surface area contributed by atoms with E-state index < -0.39 is 60.2 Å². The molecule has 0 aromatic rings. The van der Waals surface area contributed by atoms with Crippen molar-refractivity contribution in [3.8, 4) is 0 Å². The number of carbonyl (C=O) groups excluding carboxylic acids is 4. The second-order valence-electron chi connectivity index (χ2n) is 8.86. The number of nitrogens with zero attached hydrogens (tertiary/aromatic N) is 1. The second-order valence-corrected chi connectivity index (χ2v) is 8.86. The maximum Gasteiger partial charge on any atom is 0.326 e. The van der Waals surface area contributed by atoms with Crippen molar-refractivity contribution in [3.63, 3.8) is 0 Å². The molecule has 0 aliphatic rings. The molecule has 0 saturated heterocycles. The van der Waals surface area contributed by atoms with Gasteiger partial charge in [-0.05, 0) is 24.7 Å². The Morgan fingerprint density at radius 2 is 1.39 bits per heavy atom. The van der Waals surface area contributed by atoms with Crippen LogP contribution in [-0.2, 0) is 24.0 Å². The summed E-state index contributed by atoms with van der Waals surface area (Å²) in [5.74, 6) is -4.98. The van der Waals surface area contributed by atoms with Crippen LogP contribution < -0.4 is 38.9 Å². The van der Waals surface area contributed by atoms with Crippen molar-refractivity contribution in [2.24, 2.45) is 39.8 Å². The first-order valence-electron chi connectivity index (χ1n) is 12.0. The number of primary amides is 1. The molecule has 0 aromatic carbocycles. The van der Waals surface area contributed by atoms with Gasteiger partial charge in [0.2, 0.25) is 23.6 Å². The van der Waals surface area contributed by atoms with Crippen molar-refractivity contribution in [2.75, 3.05) is 6.54 Å². The van der Waals surface area contributed by atoms with Gasteiger partial charge >= 0.3 is 5.97 Å². The maximum atomic E-state index is 13.1. The van der Waals surface area contributed by atoms with E-state index in [1.165, 1.54) is 0 Å². The zero-order chi connectivity index (χ0) is 28.0. The molecule has 0 saturated carbocycles. The van der Waals surface area contributed by atoms with E-state index in [0.29, 0.717) is 12.8 Å². The molecule has 14 nitrogen and oxygen atoms in total. The van der Waals surface area contributed by atoms with Gasteiger partial charge in [-0.3, -0.25) is 24.2 Å². The van der Waals surface area contributed by atoms with E-state index in [1.54, 1.807) is 6.92 Å². The molecule has 12 N–H and O–H groups in total. The lowest BCUT2D eigenvalue weighted by molar-refractivity contribution is -0.142.